The number of likely N-dealkylation sites (tertiary alicyclic amines) is 1. The van der Waals surface area contributed by atoms with E-state index in [4.69, 9.17) is 4.52 Å². The molecule has 1 aliphatic heterocycles. The molecule has 0 saturated carbocycles. The van der Waals surface area contributed by atoms with Gasteiger partial charge >= 0.3 is 0 Å². The molecular formula is C17H21N3O4. The van der Waals surface area contributed by atoms with Crippen LogP contribution in [0.1, 0.15) is 45.9 Å². The SMILES string of the molecule is Cc1ccc(C2(O)CCN(C(=O)c3noc(C)c3CO)CC2)nc1. The Hall–Kier alpha value is -2.25. The van der Waals surface area contributed by atoms with Gasteiger partial charge in [-0.05, 0) is 38.3 Å². The lowest BCUT2D eigenvalue weighted by atomic mass is 9.87. The number of aliphatic hydroxyl groups excluding tert-OH is 1. The van der Waals surface area contributed by atoms with E-state index in [2.05, 4.69) is 10.1 Å². The van der Waals surface area contributed by atoms with Crippen molar-refractivity contribution in [3.05, 3.63) is 46.6 Å². The standard InChI is InChI=1S/C17H21N3O4/c1-11-3-4-14(18-9-11)17(23)5-7-20(8-6-17)16(22)15-13(10-21)12(2)24-19-15/h3-4,9,21,23H,5-8,10H2,1-2H3. The Balaban J connectivity index is 1.72. The van der Waals surface area contributed by atoms with E-state index in [9.17, 15) is 15.0 Å². The highest BCUT2D eigenvalue weighted by atomic mass is 16.5. The Labute approximate surface area is 139 Å². The zero-order valence-electron chi connectivity index (χ0n) is 13.8. The number of hydrogen-bond donors (Lipinski definition) is 2. The molecule has 2 aromatic rings. The third kappa shape index (κ3) is 2.92. The molecule has 0 bridgehead atoms. The highest BCUT2D eigenvalue weighted by molar-refractivity contribution is 5.93. The smallest absolute Gasteiger partial charge is 0.276 e. The molecule has 0 spiro atoms. The number of amides is 1. The minimum atomic E-state index is -1.02. The summed E-state index contributed by atoms with van der Waals surface area (Å²) in [6.45, 7) is 4.10. The van der Waals surface area contributed by atoms with Gasteiger partial charge < -0.3 is 19.6 Å². The number of aliphatic hydroxyl groups is 2. The zero-order valence-corrected chi connectivity index (χ0v) is 13.8. The Kier molecular flexibility index (Phi) is 4.38. The van der Waals surface area contributed by atoms with Gasteiger partial charge in [-0.15, -0.1) is 0 Å². The van der Waals surface area contributed by atoms with E-state index in [1.165, 1.54) is 0 Å². The summed E-state index contributed by atoms with van der Waals surface area (Å²) in [7, 11) is 0. The second-order valence-electron chi connectivity index (χ2n) is 6.27. The van der Waals surface area contributed by atoms with Crippen LogP contribution in [0.2, 0.25) is 0 Å². The van der Waals surface area contributed by atoms with Crippen molar-refractivity contribution in [1.82, 2.24) is 15.0 Å². The molecule has 7 nitrogen and oxygen atoms in total. The summed E-state index contributed by atoms with van der Waals surface area (Å²) in [5, 5.41) is 24.0. The van der Waals surface area contributed by atoms with Gasteiger partial charge in [-0.3, -0.25) is 9.78 Å². The third-order valence-electron chi connectivity index (χ3n) is 4.61. The van der Waals surface area contributed by atoms with Crippen LogP contribution in [0, 0.1) is 13.8 Å². The lowest BCUT2D eigenvalue weighted by molar-refractivity contribution is -0.0246. The quantitative estimate of drug-likeness (QED) is 0.879. The number of carbonyl (C=O) groups excluding carboxylic acids is 1. The second kappa shape index (κ2) is 6.33. The third-order valence-corrected chi connectivity index (χ3v) is 4.61. The number of carbonyl (C=O) groups is 1. The molecule has 1 amide bonds. The lowest BCUT2D eigenvalue weighted by Gasteiger charge is -2.37. The Morgan fingerprint density at radius 3 is 2.62 bits per heavy atom. The van der Waals surface area contributed by atoms with Gasteiger partial charge in [-0.1, -0.05) is 11.2 Å². The molecule has 2 aromatic heterocycles. The van der Waals surface area contributed by atoms with Crippen LogP contribution in [0.3, 0.4) is 0 Å². The van der Waals surface area contributed by atoms with E-state index >= 15 is 0 Å². The summed E-state index contributed by atoms with van der Waals surface area (Å²) in [6.07, 6.45) is 2.54. The molecule has 2 N–H and O–H groups in total. The van der Waals surface area contributed by atoms with Crippen LogP contribution < -0.4 is 0 Å². The summed E-state index contributed by atoms with van der Waals surface area (Å²) in [5.41, 5.74) is 1.21. The fourth-order valence-electron chi connectivity index (χ4n) is 2.97. The predicted molar refractivity (Wildman–Crippen MR) is 85.2 cm³/mol. The number of aromatic nitrogens is 2. The molecule has 1 aliphatic rings. The van der Waals surface area contributed by atoms with E-state index in [1.807, 2.05) is 19.1 Å². The number of nitrogens with zero attached hydrogens (tertiary/aromatic N) is 3. The highest BCUT2D eigenvalue weighted by Crippen LogP contribution is 2.32. The summed E-state index contributed by atoms with van der Waals surface area (Å²) >= 11 is 0. The molecule has 3 rings (SSSR count). The van der Waals surface area contributed by atoms with Crippen molar-refractivity contribution in [2.45, 2.75) is 38.9 Å². The minimum absolute atomic E-state index is 0.147. The minimum Gasteiger partial charge on any atom is -0.391 e. The first-order chi connectivity index (χ1) is 11.4. The Morgan fingerprint density at radius 1 is 1.33 bits per heavy atom. The van der Waals surface area contributed by atoms with Gasteiger partial charge in [0, 0.05) is 19.3 Å². The average molecular weight is 331 g/mol. The Morgan fingerprint density at radius 2 is 2.04 bits per heavy atom. The zero-order chi connectivity index (χ0) is 17.3. The maximum atomic E-state index is 12.6. The van der Waals surface area contributed by atoms with E-state index in [1.54, 1.807) is 18.0 Å². The van der Waals surface area contributed by atoms with Crippen LogP contribution in [0.4, 0.5) is 0 Å². The van der Waals surface area contributed by atoms with Crippen LogP contribution >= 0.6 is 0 Å². The predicted octanol–water partition coefficient (Wildman–Crippen LogP) is 1.30. The molecule has 0 atom stereocenters. The van der Waals surface area contributed by atoms with Crippen molar-refractivity contribution in [2.24, 2.45) is 0 Å². The van der Waals surface area contributed by atoms with Gasteiger partial charge in [0.1, 0.15) is 11.4 Å². The van der Waals surface area contributed by atoms with Gasteiger partial charge in [0.25, 0.3) is 5.91 Å². The van der Waals surface area contributed by atoms with Crippen molar-refractivity contribution >= 4 is 5.91 Å². The van der Waals surface area contributed by atoms with Gasteiger partial charge in [-0.25, -0.2) is 0 Å². The van der Waals surface area contributed by atoms with Crippen molar-refractivity contribution in [3.8, 4) is 0 Å². The maximum absolute atomic E-state index is 12.6. The summed E-state index contributed by atoms with van der Waals surface area (Å²) in [4.78, 5) is 18.5. The van der Waals surface area contributed by atoms with Crippen LogP contribution in [0.25, 0.3) is 0 Å². The van der Waals surface area contributed by atoms with E-state index in [0.717, 1.165) is 5.56 Å². The van der Waals surface area contributed by atoms with E-state index < -0.39 is 5.60 Å². The Bertz CT molecular complexity index is 731. The van der Waals surface area contributed by atoms with Gasteiger partial charge in [0.2, 0.25) is 0 Å². The molecule has 24 heavy (non-hydrogen) atoms. The number of piperidine rings is 1. The van der Waals surface area contributed by atoms with Gasteiger partial charge in [0.15, 0.2) is 5.69 Å². The summed E-state index contributed by atoms with van der Waals surface area (Å²) in [5.74, 6) is 0.160. The molecule has 1 fully saturated rings. The van der Waals surface area contributed by atoms with Crippen molar-refractivity contribution < 1.29 is 19.5 Å². The molecule has 7 heteroatoms. The number of rotatable bonds is 3. The largest absolute Gasteiger partial charge is 0.391 e. The normalized spacial score (nSPS) is 17.1. The average Bonchev–Trinajstić information content (AvgIpc) is 2.96. The molecule has 0 aromatic carbocycles. The van der Waals surface area contributed by atoms with Gasteiger partial charge in [0.05, 0.1) is 17.9 Å². The first-order valence-corrected chi connectivity index (χ1v) is 7.95. The molecule has 0 unspecified atom stereocenters. The monoisotopic (exact) mass is 331 g/mol. The summed E-state index contributed by atoms with van der Waals surface area (Å²) < 4.78 is 5.00. The van der Waals surface area contributed by atoms with E-state index in [0.29, 0.717) is 42.9 Å². The molecule has 1 saturated heterocycles. The highest BCUT2D eigenvalue weighted by Gasteiger charge is 2.37. The van der Waals surface area contributed by atoms with Crippen LogP contribution in [0.5, 0.6) is 0 Å². The fraction of sp³-hybridized carbons (Fsp3) is 0.471. The topological polar surface area (TPSA) is 99.7 Å². The first-order valence-electron chi connectivity index (χ1n) is 7.95. The fourth-order valence-corrected chi connectivity index (χ4v) is 2.97. The number of aryl methyl sites for hydroxylation is 2. The molecule has 3 heterocycles. The molecular weight excluding hydrogens is 310 g/mol. The molecule has 128 valence electrons. The van der Waals surface area contributed by atoms with Crippen molar-refractivity contribution in [3.63, 3.8) is 0 Å². The lowest BCUT2D eigenvalue weighted by Crippen LogP contribution is -2.45. The number of pyridine rings is 1. The first kappa shape index (κ1) is 16.6. The van der Waals surface area contributed by atoms with E-state index in [-0.39, 0.29) is 18.2 Å². The molecule has 0 radical (unpaired) electrons. The van der Waals surface area contributed by atoms with Crippen molar-refractivity contribution in [1.29, 1.82) is 0 Å². The number of hydrogen-bond acceptors (Lipinski definition) is 6. The van der Waals surface area contributed by atoms with Gasteiger partial charge in [-0.2, -0.15) is 0 Å². The molecule has 0 aliphatic carbocycles. The van der Waals surface area contributed by atoms with Crippen LogP contribution in [-0.2, 0) is 12.2 Å². The van der Waals surface area contributed by atoms with Crippen LogP contribution in [0.15, 0.2) is 22.9 Å². The van der Waals surface area contributed by atoms with Crippen molar-refractivity contribution in [2.75, 3.05) is 13.1 Å². The second-order valence-corrected chi connectivity index (χ2v) is 6.27. The maximum Gasteiger partial charge on any atom is 0.276 e. The summed E-state index contributed by atoms with van der Waals surface area (Å²) in [6, 6.07) is 3.75. The van der Waals surface area contributed by atoms with Crippen LogP contribution in [-0.4, -0.2) is 44.3 Å².